The van der Waals surface area contributed by atoms with Crippen molar-refractivity contribution in [1.29, 1.82) is 0 Å². The fourth-order valence-electron chi connectivity index (χ4n) is 1.27. The van der Waals surface area contributed by atoms with Crippen molar-refractivity contribution in [2.75, 3.05) is 5.73 Å². The molecule has 0 aliphatic heterocycles. The fraction of sp³-hybridized carbons (Fsp3) is 0.111. The van der Waals surface area contributed by atoms with Crippen molar-refractivity contribution in [2.24, 2.45) is 0 Å². The standard InChI is InChI=1S/C9H8ClFN4/c1-5-13-9(12)14-15(5)6-2-3-7(10)8(11)4-6/h2-4H,1H3,(H2,12,14). The molecule has 0 spiro atoms. The Hall–Kier alpha value is -1.62. The van der Waals surface area contributed by atoms with Crippen LogP contribution in [0.1, 0.15) is 5.82 Å². The molecule has 2 N–H and O–H groups in total. The van der Waals surface area contributed by atoms with Crippen LogP contribution in [0.15, 0.2) is 18.2 Å². The zero-order valence-corrected chi connectivity index (χ0v) is 8.66. The lowest BCUT2D eigenvalue weighted by molar-refractivity contribution is 0.625. The van der Waals surface area contributed by atoms with Crippen molar-refractivity contribution >= 4 is 17.5 Å². The molecule has 2 aromatic rings. The number of anilines is 1. The number of aromatic nitrogens is 3. The molecule has 15 heavy (non-hydrogen) atoms. The summed E-state index contributed by atoms with van der Waals surface area (Å²) in [7, 11) is 0. The summed E-state index contributed by atoms with van der Waals surface area (Å²) < 4.78 is 14.6. The lowest BCUT2D eigenvalue weighted by Gasteiger charge is -2.03. The van der Waals surface area contributed by atoms with Crippen LogP contribution in [0.25, 0.3) is 5.69 Å². The minimum atomic E-state index is -0.498. The maximum atomic E-state index is 13.2. The summed E-state index contributed by atoms with van der Waals surface area (Å²) in [6.45, 7) is 1.73. The van der Waals surface area contributed by atoms with E-state index in [1.54, 1.807) is 13.0 Å². The van der Waals surface area contributed by atoms with Crippen LogP contribution in [0.3, 0.4) is 0 Å². The lowest BCUT2D eigenvalue weighted by Crippen LogP contribution is -2.00. The first kappa shape index (κ1) is 9.92. The van der Waals surface area contributed by atoms with E-state index in [1.807, 2.05) is 0 Å². The van der Waals surface area contributed by atoms with Gasteiger partial charge in [0.25, 0.3) is 0 Å². The first-order valence-electron chi connectivity index (χ1n) is 4.22. The number of benzene rings is 1. The first-order chi connectivity index (χ1) is 7.08. The van der Waals surface area contributed by atoms with Crippen LogP contribution in [0.4, 0.5) is 10.3 Å². The second-order valence-electron chi connectivity index (χ2n) is 3.03. The quantitative estimate of drug-likeness (QED) is 0.809. The van der Waals surface area contributed by atoms with Crippen LogP contribution in [-0.2, 0) is 0 Å². The van der Waals surface area contributed by atoms with Crippen molar-refractivity contribution in [2.45, 2.75) is 6.92 Å². The predicted octanol–water partition coefficient (Wildman–Crippen LogP) is 1.95. The predicted molar refractivity (Wildman–Crippen MR) is 55.5 cm³/mol. The molecule has 0 amide bonds. The van der Waals surface area contributed by atoms with Crippen molar-refractivity contribution in [1.82, 2.24) is 14.8 Å². The molecule has 0 saturated heterocycles. The van der Waals surface area contributed by atoms with Gasteiger partial charge in [-0.05, 0) is 19.1 Å². The Morgan fingerprint density at radius 3 is 2.73 bits per heavy atom. The molecule has 0 atom stereocenters. The Bertz CT molecular complexity index is 509. The van der Waals surface area contributed by atoms with E-state index in [1.165, 1.54) is 16.8 Å². The van der Waals surface area contributed by atoms with Crippen LogP contribution in [0.5, 0.6) is 0 Å². The highest BCUT2D eigenvalue weighted by molar-refractivity contribution is 6.30. The molecular weight excluding hydrogens is 219 g/mol. The molecule has 0 unspecified atom stereocenters. The molecule has 0 aliphatic carbocycles. The molecule has 0 fully saturated rings. The number of rotatable bonds is 1. The van der Waals surface area contributed by atoms with Crippen molar-refractivity contribution < 1.29 is 4.39 Å². The summed E-state index contributed by atoms with van der Waals surface area (Å²) in [4.78, 5) is 3.91. The normalized spacial score (nSPS) is 10.6. The zero-order valence-electron chi connectivity index (χ0n) is 7.91. The Kier molecular flexibility index (Phi) is 2.32. The molecule has 1 aromatic heterocycles. The molecule has 0 saturated carbocycles. The molecule has 0 aliphatic rings. The van der Waals surface area contributed by atoms with E-state index in [9.17, 15) is 4.39 Å². The van der Waals surface area contributed by atoms with Gasteiger partial charge in [-0.15, -0.1) is 5.10 Å². The Morgan fingerprint density at radius 1 is 1.47 bits per heavy atom. The van der Waals surface area contributed by atoms with Gasteiger partial charge in [0.05, 0.1) is 10.7 Å². The van der Waals surface area contributed by atoms with Gasteiger partial charge in [-0.2, -0.15) is 4.98 Å². The van der Waals surface area contributed by atoms with E-state index < -0.39 is 5.82 Å². The average Bonchev–Trinajstić information content (AvgIpc) is 2.50. The minimum absolute atomic E-state index is 0.0736. The van der Waals surface area contributed by atoms with Crippen LogP contribution in [-0.4, -0.2) is 14.8 Å². The van der Waals surface area contributed by atoms with Gasteiger partial charge in [0.2, 0.25) is 5.95 Å². The molecule has 0 bridgehead atoms. The highest BCUT2D eigenvalue weighted by Gasteiger charge is 2.07. The summed E-state index contributed by atoms with van der Waals surface area (Å²) in [5.74, 6) is 0.250. The molecule has 4 nitrogen and oxygen atoms in total. The highest BCUT2D eigenvalue weighted by atomic mass is 35.5. The molecule has 78 valence electrons. The summed E-state index contributed by atoms with van der Waals surface area (Å²) >= 11 is 5.57. The fourth-order valence-corrected chi connectivity index (χ4v) is 1.39. The van der Waals surface area contributed by atoms with E-state index >= 15 is 0 Å². The van der Waals surface area contributed by atoms with Gasteiger partial charge in [0.1, 0.15) is 11.6 Å². The second-order valence-corrected chi connectivity index (χ2v) is 3.43. The van der Waals surface area contributed by atoms with Gasteiger partial charge in [-0.1, -0.05) is 11.6 Å². The van der Waals surface area contributed by atoms with E-state index in [4.69, 9.17) is 17.3 Å². The number of halogens is 2. The third-order valence-corrected chi connectivity index (χ3v) is 2.24. The number of hydrogen-bond donors (Lipinski definition) is 1. The third kappa shape index (κ3) is 1.78. The number of hydrogen-bond acceptors (Lipinski definition) is 3. The number of nitrogen functional groups attached to an aromatic ring is 1. The van der Waals surface area contributed by atoms with Crippen molar-refractivity contribution in [3.8, 4) is 5.69 Å². The molecule has 2 rings (SSSR count). The van der Waals surface area contributed by atoms with Crippen molar-refractivity contribution in [3.63, 3.8) is 0 Å². The summed E-state index contributed by atoms with van der Waals surface area (Å²) in [6, 6.07) is 4.39. The second kappa shape index (κ2) is 3.51. The van der Waals surface area contributed by atoms with Crippen molar-refractivity contribution in [3.05, 3.63) is 34.9 Å². The molecule has 0 radical (unpaired) electrons. The van der Waals surface area contributed by atoms with Gasteiger partial charge in [-0.3, -0.25) is 0 Å². The largest absolute Gasteiger partial charge is 0.366 e. The smallest absolute Gasteiger partial charge is 0.240 e. The van der Waals surface area contributed by atoms with Gasteiger partial charge in [0.15, 0.2) is 0 Å². The maximum absolute atomic E-state index is 13.2. The van der Waals surface area contributed by atoms with Gasteiger partial charge in [-0.25, -0.2) is 9.07 Å². The van der Waals surface area contributed by atoms with E-state index in [-0.39, 0.29) is 11.0 Å². The van der Waals surface area contributed by atoms with Gasteiger partial charge < -0.3 is 5.73 Å². The van der Waals surface area contributed by atoms with Crippen LogP contribution >= 0.6 is 11.6 Å². The Morgan fingerprint density at radius 2 is 2.20 bits per heavy atom. The summed E-state index contributed by atoms with van der Waals surface area (Å²) in [5.41, 5.74) is 5.96. The average molecular weight is 227 g/mol. The van der Waals surface area contributed by atoms with Crippen LogP contribution in [0, 0.1) is 12.7 Å². The Balaban J connectivity index is 2.54. The monoisotopic (exact) mass is 226 g/mol. The van der Waals surface area contributed by atoms with Crippen LogP contribution in [0.2, 0.25) is 5.02 Å². The van der Waals surface area contributed by atoms with E-state index in [0.29, 0.717) is 11.5 Å². The summed E-state index contributed by atoms with van der Waals surface area (Å²) in [5, 5.41) is 4.00. The van der Waals surface area contributed by atoms with Gasteiger partial charge in [0, 0.05) is 6.07 Å². The SMILES string of the molecule is Cc1nc(N)nn1-c1ccc(Cl)c(F)c1. The first-order valence-corrected chi connectivity index (χ1v) is 4.60. The van der Waals surface area contributed by atoms with E-state index in [2.05, 4.69) is 10.1 Å². The lowest BCUT2D eigenvalue weighted by atomic mass is 10.3. The summed E-state index contributed by atoms with van der Waals surface area (Å²) in [6.07, 6.45) is 0. The minimum Gasteiger partial charge on any atom is -0.366 e. The Labute approximate surface area is 90.5 Å². The topological polar surface area (TPSA) is 56.7 Å². The van der Waals surface area contributed by atoms with E-state index in [0.717, 1.165) is 0 Å². The highest BCUT2D eigenvalue weighted by Crippen LogP contribution is 2.18. The zero-order chi connectivity index (χ0) is 11.0. The molecular formula is C9H8ClFN4. The number of nitrogens with two attached hydrogens (primary N) is 1. The maximum Gasteiger partial charge on any atom is 0.240 e. The molecule has 1 aromatic carbocycles. The third-order valence-electron chi connectivity index (χ3n) is 1.93. The molecule has 1 heterocycles. The molecule has 6 heteroatoms. The van der Waals surface area contributed by atoms with Crippen LogP contribution < -0.4 is 5.73 Å². The number of aryl methyl sites for hydroxylation is 1. The van der Waals surface area contributed by atoms with Gasteiger partial charge >= 0.3 is 0 Å². The number of nitrogens with zero attached hydrogens (tertiary/aromatic N) is 3.